The fourth-order valence-electron chi connectivity index (χ4n) is 1.01. The standard InChI is InChI=1S/C8H11NO2S/c1-8(2,3)7-6(9(10)11)4-5-12-7/h4-5H,1-3H3. The summed E-state index contributed by atoms with van der Waals surface area (Å²) in [6.07, 6.45) is 0. The lowest BCUT2D eigenvalue weighted by molar-refractivity contribution is -0.385. The molecular formula is C8H11NO2S. The molecule has 0 radical (unpaired) electrons. The predicted molar refractivity (Wildman–Crippen MR) is 49.7 cm³/mol. The van der Waals surface area contributed by atoms with Crippen molar-refractivity contribution in [2.45, 2.75) is 26.2 Å². The van der Waals surface area contributed by atoms with Crippen LogP contribution in [0.15, 0.2) is 11.4 Å². The highest BCUT2D eigenvalue weighted by molar-refractivity contribution is 7.10. The van der Waals surface area contributed by atoms with Gasteiger partial charge in [-0.15, -0.1) is 11.3 Å². The molecule has 0 saturated heterocycles. The molecule has 0 atom stereocenters. The summed E-state index contributed by atoms with van der Waals surface area (Å²) in [4.78, 5) is 11.1. The van der Waals surface area contributed by atoms with Gasteiger partial charge in [0.1, 0.15) is 0 Å². The predicted octanol–water partition coefficient (Wildman–Crippen LogP) is 2.95. The highest BCUT2D eigenvalue weighted by atomic mass is 32.1. The second kappa shape index (κ2) is 2.86. The van der Waals surface area contributed by atoms with Crippen LogP contribution in [0.4, 0.5) is 5.69 Å². The van der Waals surface area contributed by atoms with Gasteiger partial charge in [0, 0.05) is 11.5 Å². The zero-order chi connectivity index (χ0) is 9.35. The maximum absolute atomic E-state index is 10.5. The van der Waals surface area contributed by atoms with Gasteiger partial charge in [-0.2, -0.15) is 0 Å². The van der Waals surface area contributed by atoms with Gasteiger partial charge in [0.25, 0.3) is 5.69 Å². The van der Waals surface area contributed by atoms with E-state index >= 15 is 0 Å². The van der Waals surface area contributed by atoms with Gasteiger partial charge < -0.3 is 0 Å². The van der Waals surface area contributed by atoms with Crippen LogP contribution in [-0.4, -0.2) is 4.92 Å². The van der Waals surface area contributed by atoms with E-state index in [0.29, 0.717) is 0 Å². The second-order valence-electron chi connectivity index (χ2n) is 3.64. The molecule has 0 aliphatic heterocycles. The summed E-state index contributed by atoms with van der Waals surface area (Å²) in [5.74, 6) is 0. The van der Waals surface area contributed by atoms with E-state index in [4.69, 9.17) is 0 Å². The molecule has 0 spiro atoms. The van der Waals surface area contributed by atoms with Crippen LogP contribution in [0.1, 0.15) is 25.6 Å². The summed E-state index contributed by atoms with van der Waals surface area (Å²) in [5.41, 5.74) is 0.115. The highest BCUT2D eigenvalue weighted by Gasteiger charge is 2.25. The first-order valence-electron chi connectivity index (χ1n) is 3.65. The van der Waals surface area contributed by atoms with Crippen molar-refractivity contribution in [2.75, 3.05) is 0 Å². The molecule has 0 aromatic carbocycles. The summed E-state index contributed by atoms with van der Waals surface area (Å²) < 4.78 is 0. The summed E-state index contributed by atoms with van der Waals surface area (Å²) in [7, 11) is 0. The third-order valence-electron chi connectivity index (χ3n) is 1.52. The van der Waals surface area contributed by atoms with Crippen LogP contribution >= 0.6 is 11.3 Å². The molecule has 0 amide bonds. The molecule has 4 heteroatoms. The van der Waals surface area contributed by atoms with E-state index in [9.17, 15) is 10.1 Å². The number of hydrogen-bond donors (Lipinski definition) is 0. The lowest BCUT2D eigenvalue weighted by atomic mass is 9.94. The Morgan fingerprint density at radius 2 is 2.08 bits per heavy atom. The Balaban J connectivity index is 3.17. The second-order valence-corrected chi connectivity index (χ2v) is 4.56. The van der Waals surface area contributed by atoms with E-state index in [1.807, 2.05) is 20.8 Å². The van der Waals surface area contributed by atoms with E-state index in [1.54, 1.807) is 11.4 Å². The molecule has 1 rings (SSSR count). The molecule has 1 heterocycles. The van der Waals surface area contributed by atoms with Crippen molar-refractivity contribution in [3.8, 4) is 0 Å². The summed E-state index contributed by atoms with van der Waals surface area (Å²) in [6.45, 7) is 5.93. The Hall–Kier alpha value is -0.900. The van der Waals surface area contributed by atoms with Crippen LogP contribution in [0.25, 0.3) is 0 Å². The zero-order valence-corrected chi connectivity index (χ0v) is 8.14. The van der Waals surface area contributed by atoms with Crippen LogP contribution in [0.5, 0.6) is 0 Å². The molecule has 66 valence electrons. The van der Waals surface area contributed by atoms with E-state index in [1.165, 1.54) is 11.3 Å². The minimum absolute atomic E-state index is 0.128. The smallest absolute Gasteiger partial charge is 0.258 e. The van der Waals surface area contributed by atoms with Crippen LogP contribution in [0, 0.1) is 10.1 Å². The number of hydrogen-bond acceptors (Lipinski definition) is 3. The van der Waals surface area contributed by atoms with Crippen LogP contribution < -0.4 is 0 Å². The van der Waals surface area contributed by atoms with Gasteiger partial charge >= 0.3 is 0 Å². The number of thiophene rings is 1. The molecule has 1 aromatic heterocycles. The molecule has 0 fully saturated rings. The normalized spacial score (nSPS) is 11.6. The first kappa shape index (κ1) is 9.19. The summed E-state index contributed by atoms with van der Waals surface area (Å²) in [5, 5.41) is 12.3. The lowest BCUT2D eigenvalue weighted by Gasteiger charge is -2.14. The SMILES string of the molecule is CC(C)(C)c1sccc1[N+](=O)[O-]. The summed E-state index contributed by atoms with van der Waals surface area (Å²) >= 11 is 1.44. The van der Waals surface area contributed by atoms with Crippen molar-refractivity contribution in [3.63, 3.8) is 0 Å². The Kier molecular flexibility index (Phi) is 2.19. The molecule has 0 aliphatic carbocycles. The average Bonchev–Trinajstić information content (AvgIpc) is 2.30. The largest absolute Gasteiger partial charge is 0.283 e. The van der Waals surface area contributed by atoms with Gasteiger partial charge in [-0.1, -0.05) is 20.8 Å². The molecular weight excluding hydrogens is 174 g/mol. The minimum atomic E-state index is -0.322. The molecule has 1 aromatic rings. The first-order chi connectivity index (χ1) is 5.43. The van der Waals surface area contributed by atoms with Gasteiger partial charge in [0.2, 0.25) is 0 Å². The Labute approximate surface area is 75.2 Å². The third kappa shape index (κ3) is 1.64. The maximum Gasteiger partial charge on any atom is 0.283 e. The average molecular weight is 185 g/mol. The highest BCUT2D eigenvalue weighted by Crippen LogP contribution is 2.35. The van der Waals surface area contributed by atoms with Crippen molar-refractivity contribution in [3.05, 3.63) is 26.4 Å². The topological polar surface area (TPSA) is 43.1 Å². The third-order valence-corrected chi connectivity index (χ3v) is 2.85. The molecule has 0 aliphatic rings. The van der Waals surface area contributed by atoms with Crippen LogP contribution in [-0.2, 0) is 5.41 Å². The Morgan fingerprint density at radius 3 is 2.42 bits per heavy atom. The van der Waals surface area contributed by atoms with Crippen molar-refractivity contribution in [1.82, 2.24) is 0 Å². The van der Waals surface area contributed by atoms with Crippen LogP contribution in [0.2, 0.25) is 0 Å². The monoisotopic (exact) mass is 185 g/mol. The minimum Gasteiger partial charge on any atom is -0.258 e. The van der Waals surface area contributed by atoms with Gasteiger partial charge in [-0.05, 0) is 5.38 Å². The van der Waals surface area contributed by atoms with Crippen molar-refractivity contribution in [2.24, 2.45) is 0 Å². The number of nitro groups is 1. The molecule has 0 bridgehead atoms. The molecule has 12 heavy (non-hydrogen) atoms. The maximum atomic E-state index is 10.5. The number of nitrogens with zero attached hydrogens (tertiary/aromatic N) is 1. The van der Waals surface area contributed by atoms with Gasteiger partial charge in [-0.3, -0.25) is 10.1 Å². The van der Waals surface area contributed by atoms with E-state index in [2.05, 4.69) is 0 Å². The van der Waals surface area contributed by atoms with Crippen molar-refractivity contribution < 1.29 is 4.92 Å². The van der Waals surface area contributed by atoms with E-state index in [-0.39, 0.29) is 16.0 Å². The number of rotatable bonds is 1. The first-order valence-corrected chi connectivity index (χ1v) is 4.53. The van der Waals surface area contributed by atoms with Gasteiger partial charge in [-0.25, -0.2) is 0 Å². The van der Waals surface area contributed by atoms with Crippen molar-refractivity contribution in [1.29, 1.82) is 0 Å². The van der Waals surface area contributed by atoms with Gasteiger partial charge in [0.15, 0.2) is 0 Å². The van der Waals surface area contributed by atoms with Crippen LogP contribution in [0.3, 0.4) is 0 Å². The molecule has 3 nitrogen and oxygen atoms in total. The fraction of sp³-hybridized carbons (Fsp3) is 0.500. The van der Waals surface area contributed by atoms with Crippen molar-refractivity contribution >= 4 is 17.0 Å². The fourth-order valence-corrected chi connectivity index (χ4v) is 1.96. The molecule has 0 N–H and O–H groups in total. The Bertz CT molecular complexity index is 298. The van der Waals surface area contributed by atoms with E-state index < -0.39 is 0 Å². The molecule has 0 unspecified atom stereocenters. The zero-order valence-electron chi connectivity index (χ0n) is 7.33. The summed E-state index contributed by atoms with van der Waals surface area (Å²) in [6, 6.07) is 1.56. The quantitative estimate of drug-likeness (QED) is 0.498. The Morgan fingerprint density at radius 1 is 1.50 bits per heavy atom. The van der Waals surface area contributed by atoms with E-state index in [0.717, 1.165) is 4.88 Å². The molecule has 0 saturated carbocycles. The lowest BCUT2D eigenvalue weighted by Crippen LogP contribution is -2.10. The van der Waals surface area contributed by atoms with Gasteiger partial charge in [0.05, 0.1) is 9.80 Å².